The van der Waals surface area contributed by atoms with E-state index in [1.54, 1.807) is 25.1 Å². The van der Waals surface area contributed by atoms with Crippen LogP contribution in [0.15, 0.2) is 34.0 Å². The van der Waals surface area contributed by atoms with Crippen molar-refractivity contribution in [3.8, 4) is 0 Å². The summed E-state index contributed by atoms with van der Waals surface area (Å²) in [6.07, 6.45) is 0.919. The van der Waals surface area contributed by atoms with Crippen molar-refractivity contribution in [2.45, 2.75) is 6.92 Å². The van der Waals surface area contributed by atoms with Gasteiger partial charge in [0.05, 0.1) is 0 Å². The van der Waals surface area contributed by atoms with Crippen LogP contribution in [0.5, 0.6) is 0 Å². The molecule has 1 aromatic carbocycles. The second-order valence-corrected chi connectivity index (χ2v) is 5.01. The molecule has 0 aliphatic carbocycles. The van der Waals surface area contributed by atoms with Crippen molar-refractivity contribution >= 4 is 29.2 Å². The molecule has 3 N–H and O–H groups in total. The summed E-state index contributed by atoms with van der Waals surface area (Å²) in [4.78, 5) is 49.7. The van der Waals surface area contributed by atoms with Crippen LogP contribution in [0.1, 0.15) is 15.9 Å². The number of ether oxygens (including phenoxy) is 1. The highest BCUT2D eigenvalue weighted by Crippen LogP contribution is 2.19. The van der Waals surface area contributed by atoms with Gasteiger partial charge in [0.2, 0.25) is 0 Å². The van der Waals surface area contributed by atoms with E-state index >= 15 is 0 Å². The van der Waals surface area contributed by atoms with Gasteiger partial charge in [-0.1, -0.05) is 17.7 Å². The first-order valence-corrected chi connectivity index (χ1v) is 6.80. The summed E-state index contributed by atoms with van der Waals surface area (Å²) >= 11 is 5.83. The Morgan fingerprint density at radius 3 is 2.74 bits per heavy atom. The summed E-state index contributed by atoms with van der Waals surface area (Å²) in [6, 6.07) is 4.96. The number of carbonyl (C=O) groups excluding carboxylic acids is 2. The zero-order valence-electron chi connectivity index (χ0n) is 11.9. The van der Waals surface area contributed by atoms with E-state index in [1.165, 1.54) is 0 Å². The van der Waals surface area contributed by atoms with Gasteiger partial charge in [0.25, 0.3) is 11.5 Å². The normalized spacial score (nSPS) is 10.2. The van der Waals surface area contributed by atoms with Crippen LogP contribution in [-0.4, -0.2) is 28.5 Å². The topological polar surface area (TPSA) is 121 Å². The molecule has 0 saturated carbocycles. The minimum atomic E-state index is -1.03. The fourth-order valence-corrected chi connectivity index (χ4v) is 1.86. The number of carbonyl (C=O) groups is 2. The summed E-state index contributed by atoms with van der Waals surface area (Å²) in [5.74, 6) is -1.62. The number of hydrogen-bond acceptors (Lipinski definition) is 5. The average Bonchev–Trinajstić information content (AvgIpc) is 2.48. The van der Waals surface area contributed by atoms with Gasteiger partial charge in [0.1, 0.15) is 5.56 Å². The van der Waals surface area contributed by atoms with E-state index in [0.29, 0.717) is 10.7 Å². The molecule has 9 heteroatoms. The van der Waals surface area contributed by atoms with Crippen molar-refractivity contribution in [3.63, 3.8) is 0 Å². The van der Waals surface area contributed by atoms with Gasteiger partial charge in [0.15, 0.2) is 6.61 Å². The molecule has 0 saturated heterocycles. The number of benzene rings is 1. The predicted octanol–water partition coefficient (Wildman–Crippen LogP) is 0.821. The quantitative estimate of drug-likeness (QED) is 0.713. The maximum absolute atomic E-state index is 11.8. The standard InChI is InChI=1S/C14H12ClN3O5/c1-7-2-3-8(15)4-10(7)17-11(19)6-23-13(21)9-5-16-14(22)18-12(9)20/h2-5H,6H2,1H3,(H,17,19)(H2,16,18,20,22). The average molecular weight is 338 g/mol. The molecule has 1 aromatic heterocycles. The van der Waals surface area contributed by atoms with Crippen LogP contribution in [0.4, 0.5) is 5.69 Å². The van der Waals surface area contributed by atoms with Gasteiger partial charge in [-0.15, -0.1) is 0 Å². The maximum Gasteiger partial charge on any atom is 0.345 e. The monoisotopic (exact) mass is 337 g/mol. The van der Waals surface area contributed by atoms with Crippen molar-refractivity contribution in [2.75, 3.05) is 11.9 Å². The summed E-state index contributed by atoms with van der Waals surface area (Å²) < 4.78 is 4.73. The molecule has 8 nitrogen and oxygen atoms in total. The van der Waals surface area contributed by atoms with Crippen LogP contribution in [0.3, 0.4) is 0 Å². The van der Waals surface area contributed by atoms with E-state index in [-0.39, 0.29) is 0 Å². The number of rotatable bonds is 4. The minimum Gasteiger partial charge on any atom is -0.452 e. The van der Waals surface area contributed by atoms with Gasteiger partial charge >= 0.3 is 11.7 Å². The third-order valence-corrected chi connectivity index (χ3v) is 3.08. The van der Waals surface area contributed by atoms with E-state index < -0.39 is 35.3 Å². The summed E-state index contributed by atoms with van der Waals surface area (Å²) in [7, 11) is 0. The first kappa shape index (κ1) is 16.5. The number of H-pyrrole nitrogens is 2. The number of nitrogens with one attached hydrogen (secondary N) is 3. The smallest absolute Gasteiger partial charge is 0.345 e. The molecule has 23 heavy (non-hydrogen) atoms. The molecule has 0 spiro atoms. The van der Waals surface area contributed by atoms with Gasteiger partial charge in [-0.2, -0.15) is 0 Å². The lowest BCUT2D eigenvalue weighted by Gasteiger charge is -2.09. The van der Waals surface area contributed by atoms with Gasteiger partial charge in [0, 0.05) is 16.9 Å². The molecule has 1 amide bonds. The Kier molecular flexibility index (Phi) is 4.97. The SMILES string of the molecule is Cc1ccc(Cl)cc1NC(=O)COC(=O)c1c[nH]c(=O)[nH]c1=O. The molecule has 0 atom stereocenters. The second kappa shape index (κ2) is 6.93. The Morgan fingerprint density at radius 2 is 2.04 bits per heavy atom. The molecule has 120 valence electrons. The van der Waals surface area contributed by atoms with Gasteiger partial charge in [-0.05, 0) is 24.6 Å². The molecular weight excluding hydrogens is 326 g/mol. The highest BCUT2D eigenvalue weighted by Gasteiger charge is 2.15. The molecule has 0 unspecified atom stereocenters. The third kappa shape index (κ3) is 4.30. The first-order valence-electron chi connectivity index (χ1n) is 6.42. The molecule has 1 heterocycles. The number of amides is 1. The Labute approximate surface area is 134 Å². The van der Waals surface area contributed by atoms with Gasteiger partial charge in [-0.3, -0.25) is 14.6 Å². The molecule has 0 radical (unpaired) electrons. The van der Waals surface area contributed by atoms with Crippen LogP contribution < -0.4 is 16.6 Å². The fourth-order valence-electron chi connectivity index (χ4n) is 1.69. The molecule has 0 aliphatic rings. The van der Waals surface area contributed by atoms with E-state index in [4.69, 9.17) is 16.3 Å². The third-order valence-electron chi connectivity index (χ3n) is 2.85. The van der Waals surface area contributed by atoms with Crippen molar-refractivity contribution in [1.82, 2.24) is 9.97 Å². The van der Waals surface area contributed by atoms with E-state index in [9.17, 15) is 19.2 Å². The Hall–Kier alpha value is -2.87. The van der Waals surface area contributed by atoms with E-state index in [0.717, 1.165) is 11.8 Å². The number of anilines is 1. The fraction of sp³-hybridized carbons (Fsp3) is 0.143. The Morgan fingerprint density at radius 1 is 1.30 bits per heavy atom. The second-order valence-electron chi connectivity index (χ2n) is 4.57. The predicted molar refractivity (Wildman–Crippen MR) is 82.8 cm³/mol. The Balaban J connectivity index is 1.99. The number of halogens is 1. The lowest BCUT2D eigenvalue weighted by molar-refractivity contribution is -0.119. The van der Waals surface area contributed by atoms with E-state index in [1.807, 2.05) is 4.98 Å². The van der Waals surface area contributed by atoms with Crippen LogP contribution in [-0.2, 0) is 9.53 Å². The van der Waals surface area contributed by atoms with Crippen molar-refractivity contribution < 1.29 is 14.3 Å². The lowest BCUT2D eigenvalue weighted by atomic mass is 10.2. The molecule has 2 aromatic rings. The maximum atomic E-state index is 11.8. The largest absolute Gasteiger partial charge is 0.452 e. The molecular formula is C14H12ClN3O5. The van der Waals surface area contributed by atoms with Crippen molar-refractivity contribution in [2.24, 2.45) is 0 Å². The first-order chi connectivity index (χ1) is 10.9. The molecule has 2 rings (SSSR count). The lowest BCUT2D eigenvalue weighted by Crippen LogP contribution is -2.29. The summed E-state index contributed by atoms with van der Waals surface area (Å²) in [5, 5.41) is 2.98. The van der Waals surface area contributed by atoms with Crippen molar-refractivity contribution in [1.29, 1.82) is 0 Å². The van der Waals surface area contributed by atoms with E-state index in [2.05, 4.69) is 10.3 Å². The highest BCUT2D eigenvalue weighted by molar-refractivity contribution is 6.31. The van der Waals surface area contributed by atoms with Crippen LogP contribution in [0.25, 0.3) is 0 Å². The summed E-state index contributed by atoms with van der Waals surface area (Å²) in [5.41, 5.74) is -0.784. The summed E-state index contributed by atoms with van der Waals surface area (Å²) in [6.45, 7) is 1.18. The number of aryl methyl sites for hydroxylation is 1. The van der Waals surface area contributed by atoms with Crippen LogP contribution in [0.2, 0.25) is 5.02 Å². The minimum absolute atomic E-state index is 0.406. The molecule has 0 aliphatic heterocycles. The molecule has 0 bridgehead atoms. The van der Waals surface area contributed by atoms with Crippen LogP contribution >= 0.6 is 11.6 Å². The van der Waals surface area contributed by atoms with Crippen molar-refractivity contribution in [3.05, 3.63) is 61.4 Å². The van der Waals surface area contributed by atoms with Gasteiger partial charge in [-0.25, -0.2) is 9.59 Å². The van der Waals surface area contributed by atoms with Crippen LogP contribution in [0, 0.1) is 6.92 Å². The number of esters is 1. The number of aromatic nitrogens is 2. The highest BCUT2D eigenvalue weighted by atomic mass is 35.5. The van der Waals surface area contributed by atoms with Gasteiger partial charge < -0.3 is 15.0 Å². The zero-order valence-corrected chi connectivity index (χ0v) is 12.7. The Bertz CT molecular complexity index is 871. The number of hydrogen-bond donors (Lipinski definition) is 3. The number of aromatic amines is 2. The zero-order chi connectivity index (χ0) is 17.0. The molecule has 0 fully saturated rings.